The lowest BCUT2D eigenvalue weighted by Crippen LogP contribution is -2.18. The standard InChI is InChI=1S/C12H11NO3/c14-11-5-3-9-7-8(2-6-12(15)16)1-4-10(9)13-11/h1-2,4,6-7H,3,5H2,(H,13,14)(H,15,16)/b6-2+. The lowest BCUT2D eigenvalue weighted by Gasteiger charge is -2.16. The molecule has 0 unspecified atom stereocenters. The van der Waals surface area contributed by atoms with Crippen molar-refractivity contribution < 1.29 is 14.7 Å². The van der Waals surface area contributed by atoms with Gasteiger partial charge in [0.2, 0.25) is 5.91 Å². The molecular formula is C12H11NO3. The molecule has 1 aliphatic heterocycles. The third-order valence-corrected chi connectivity index (χ3v) is 2.44. The normalized spacial score (nSPS) is 14.6. The van der Waals surface area contributed by atoms with Crippen molar-refractivity contribution >= 4 is 23.6 Å². The Bertz CT molecular complexity index is 477. The summed E-state index contributed by atoms with van der Waals surface area (Å²) in [5.41, 5.74) is 2.70. The Balaban J connectivity index is 2.26. The quantitative estimate of drug-likeness (QED) is 0.740. The van der Waals surface area contributed by atoms with Gasteiger partial charge in [-0.1, -0.05) is 6.07 Å². The summed E-state index contributed by atoms with van der Waals surface area (Å²) in [5.74, 6) is -0.938. The molecule has 0 saturated heterocycles. The lowest BCUT2D eigenvalue weighted by atomic mass is 10.0. The summed E-state index contributed by atoms with van der Waals surface area (Å²) in [4.78, 5) is 21.5. The molecule has 4 nitrogen and oxygen atoms in total. The molecule has 0 spiro atoms. The Morgan fingerprint density at radius 1 is 1.38 bits per heavy atom. The number of carboxylic acid groups (broad SMARTS) is 1. The highest BCUT2D eigenvalue weighted by atomic mass is 16.4. The van der Waals surface area contributed by atoms with Crippen LogP contribution in [0, 0.1) is 0 Å². The number of aryl methyl sites for hydroxylation is 1. The Labute approximate surface area is 92.6 Å². The molecule has 1 amide bonds. The van der Waals surface area contributed by atoms with Crippen LogP contribution in [0.5, 0.6) is 0 Å². The van der Waals surface area contributed by atoms with E-state index < -0.39 is 5.97 Å². The van der Waals surface area contributed by atoms with Gasteiger partial charge in [0.25, 0.3) is 0 Å². The monoisotopic (exact) mass is 217 g/mol. The van der Waals surface area contributed by atoms with E-state index in [0.29, 0.717) is 12.8 Å². The fourth-order valence-electron chi connectivity index (χ4n) is 1.67. The van der Waals surface area contributed by atoms with Gasteiger partial charge in [0.15, 0.2) is 0 Å². The Morgan fingerprint density at radius 2 is 2.19 bits per heavy atom. The van der Waals surface area contributed by atoms with Crippen LogP contribution in [0.15, 0.2) is 24.3 Å². The van der Waals surface area contributed by atoms with E-state index in [4.69, 9.17) is 5.11 Å². The van der Waals surface area contributed by atoms with Gasteiger partial charge in [-0.15, -0.1) is 0 Å². The van der Waals surface area contributed by atoms with Crippen LogP contribution in [0.2, 0.25) is 0 Å². The van der Waals surface area contributed by atoms with Crippen LogP contribution in [0.3, 0.4) is 0 Å². The number of carboxylic acids is 1. The van der Waals surface area contributed by atoms with E-state index in [1.54, 1.807) is 18.2 Å². The van der Waals surface area contributed by atoms with Crippen molar-refractivity contribution in [3.8, 4) is 0 Å². The molecule has 0 aliphatic carbocycles. The molecule has 16 heavy (non-hydrogen) atoms. The number of fused-ring (bicyclic) bond motifs is 1. The van der Waals surface area contributed by atoms with Crippen molar-refractivity contribution in [2.75, 3.05) is 5.32 Å². The lowest BCUT2D eigenvalue weighted by molar-refractivity contribution is -0.131. The van der Waals surface area contributed by atoms with E-state index >= 15 is 0 Å². The van der Waals surface area contributed by atoms with Crippen molar-refractivity contribution in [2.45, 2.75) is 12.8 Å². The van der Waals surface area contributed by atoms with Gasteiger partial charge in [-0.2, -0.15) is 0 Å². The minimum Gasteiger partial charge on any atom is -0.478 e. The summed E-state index contributed by atoms with van der Waals surface area (Å²) in [6.45, 7) is 0. The van der Waals surface area contributed by atoms with Gasteiger partial charge in [-0.25, -0.2) is 4.79 Å². The van der Waals surface area contributed by atoms with E-state index in [9.17, 15) is 9.59 Å². The summed E-state index contributed by atoms with van der Waals surface area (Å²) in [6, 6.07) is 5.48. The smallest absolute Gasteiger partial charge is 0.328 e. The van der Waals surface area contributed by atoms with Crippen molar-refractivity contribution in [3.05, 3.63) is 35.4 Å². The maximum absolute atomic E-state index is 11.1. The molecule has 1 aliphatic rings. The van der Waals surface area contributed by atoms with Crippen molar-refractivity contribution in [2.24, 2.45) is 0 Å². The molecule has 0 bridgehead atoms. The predicted molar refractivity (Wildman–Crippen MR) is 60.1 cm³/mol. The fourth-order valence-corrected chi connectivity index (χ4v) is 1.67. The van der Waals surface area contributed by atoms with Gasteiger partial charge in [0, 0.05) is 18.2 Å². The summed E-state index contributed by atoms with van der Waals surface area (Å²) in [6.07, 6.45) is 3.83. The number of benzene rings is 1. The van der Waals surface area contributed by atoms with Crippen LogP contribution in [0.1, 0.15) is 17.5 Å². The molecule has 0 atom stereocenters. The molecule has 0 radical (unpaired) electrons. The SMILES string of the molecule is O=C(O)/C=C/c1ccc2c(c1)CCC(=O)N2. The zero-order valence-electron chi connectivity index (χ0n) is 8.56. The minimum atomic E-state index is -0.967. The van der Waals surface area contributed by atoms with Gasteiger partial charge in [0.05, 0.1) is 0 Å². The number of nitrogens with one attached hydrogen (secondary N) is 1. The number of carbonyl (C=O) groups excluding carboxylic acids is 1. The highest BCUT2D eigenvalue weighted by molar-refractivity contribution is 5.94. The van der Waals surface area contributed by atoms with E-state index in [2.05, 4.69) is 5.32 Å². The van der Waals surface area contributed by atoms with E-state index in [-0.39, 0.29) is 5.91 Å². The van der Waals surface area contributed by atoms with Crippen molar-refractivity contribution in [3.63, 3.8) is 0 Å². The van der Waals surface area contributed by atoms with Crippen molar-refractivity contribution in [1.82, 2.24) is 0 Å². The van der Waals surface area contributed by atoms with Crippen LogP contribution >= 0.6 is 0 Å². The average molecular weight is 217 g/mol. The largest absolute Gasteiger partial charge is 0.478 e. The molecule has 2 rings (SSSR count). The summed E-state index contributed by atoms with van der Waals surface area (Å²) in [7, 11) is 0. The summed E-state index contributed by atoms with van der Waals surface area (Å²) < 4.78 is 0. The maximum atomic E-state index is 11.1. The first-order valence-corrected chi connectivity index (χ1v) is 4.99. The molecule has 82 valence electrons. The first kappa shape index (κ1) is 10.4. The van der Waals surface area contributed by atoms with E-state index in [0.717, 1.165) is 22.9 Å². The zero-order valence-corrected chi connectivity index (χ0v) is 8.56. The first-order valence-electron chi connectivity index (χ1n) is 4.99. The second-order valence-corrected chi connectivity index (χ2v) is 3.64. The molecule has 1 aromatic rings. The van der Waals surface area contributed by atoms with Gasteiger partial charge >= 0.3 is 5.97 Å². The van der Waals surface area contributed by atoms with Crippen LogP contribution in [0.25, 0.3) is 6.08 Å². The van der Waals surface area contributed by atoms with Gasteiger partial charge in [-0.05, 0) is 35.8 Å². The first-order chi connectivity index (χ1) is 7.65. The van der Waals surface area contributed by atoms with Crippen LogP contribution in [-0.4, -0.2) is 17.0 Å². The van der Waals surface area contributed by atoms with Crippen molar-refractivity contribution in [1.29, 1.82) is 0 Å². The molecule has 2 N–H and O–H groups in total. The van der Waals surface area contributed by atoms with Gasteiger partial charge < -0.3 is 10.4 Å². The molecule has 0 fully saturated rings. The second kappa shape index (κ2) is 4.18. The highest BCUT2D eigenvalue weighted by Gasteiger charge is 2.13. The van der Waals surface area contributed by atoms with Gasteiger partial charge in [-0.3, -0.25) is 4.79 Å². The highest BCUT2D eigenvalue weighted by Crippen LogP contribution is 2.23. The minimum absolute atomic E-state index is 0.0290. The summed E-state index contributed by atoms with van der Waals surface area (Å²) >= 11 is 0. The molecule has 1 aromatic carbocycles. The molecule has 1 heterocycles. The Hall–Kier alpha value is -2.10. The maximum Gasteiger partial charge on any atom is 0.328 e. The van der Waals surface area contributed by atoms with E-state index in [1.165, 1.54) is 0 Å². The Morgan fingerprint density at radius 3 is 2.94 bits per heavy atom. The zero-order chi connectivity index (χ0) is 11.5. The van der Waals surface area contributed by atoms with E-state index in [1.807, 2.05) is 6.07 Å². The predicted octanol–water partition coefficient (Wildman–Crippen LogP) is 1.67. The van der Waals surface area contributed by atoms with Gasteiger partial charge in [0.1, 0.15) is 0 Å². The number of amides is 1. The number of hydrogen-bond acceptors (Lipinski definition) is 2. The number of aliphatic carboxylic acids is 1. The fraction of sp³-hybridized carbons (Fsp3) is 0.167. The molecule has 0 saturated carbocycles. The number of carbonyl (C=O) groups is 2. The third kappa shape index (κ3) is 2.28. The van der Waals surface area contributed by atoms with Crippen LogP contribution in [-0.2, 0) is 16.0 Å². The molecule has 0 aromatic heterocycles. The second-order valence-electron chi connectivity index (χ2n) is 3.64. The number of anilines is 1. The Kier molecular flexibility index (Phi) is 2.72. The summed E-state index contributed by atoms with van der Waals surface area (Å²) in [5, 5.41) is 11.3. The third-order valence-electron chi connectivity index (χ3n) is 2.44. The number of rotatable bonds is 2. The molecular weight excluding hydrogens is 206 g/mol. The van der Waals surface area contributed by atoms with Crippen LogP contribution in [0.4, 0.5) is 5.69 Å². The average Bonchev–Trinajstić information content (AvgIpc) is 2.26. The molecule has 4 heteroatoms. The topological polar surface area (TPSA) is 66.4 Å². The van der Waals surface area contributed by atoms with Crippen LogP contribution < -0.4 is 5.32 Å². The number of hydrogen-bond donors (Lipinski definition) is 2.